The Bertz CT molecular complexity index is 568. The van der Waals surface area contributed by atoms with E-state index in [1.165, 1.54) is 0 Å². The zero-order valence-electron chi connectivity index (χ0n) is 11.0. The number of hydrogen-bond acceptors (Lipinski definition) is 5. The number of anilines is 1. The maximum Gasteiger partial charge on any atom is 0.303 e. The van der Waals surface area contributed by atoms with E-state index in [1.807, 2.05) is 11.4 Å². The van der Waals surface area contributed by atoms with Gasteiger partial charge in [-0.3, -0.25) is 4.79 Å². The molecule has 2 rings (SSSR count). The van der Waals surface area contributed by atoms with Crippen LogP contribution in [-0.2, 0) is 4.79 Å². The first-order valence-electron chi connectivity index (χ1n) is 6.26. The topological polar surface area (TPSA) is 66.3 Å². The molecule has 1 N–H and O–H groups in total. The van der Waals surface area contributed by atoms with E-state index in [-0.39, 0.29) is 12.5 Å². The van der Waals surface area contributed by atoms with Gasteiger partial charge in [-0.1, -0.05) is 0 Å². The van der Waals surface area contributed by atoms with Crippen molar-refractivity contribution in [3.63, 3.8) is 0 Å². The minimum Gasteiger partial charge on any atom is -0.481 e. The molecule has 2 heterocycles. The van der Waals surface area contributed by atoms with Crippen LogP contribution in [0.2, 0.25) is 0 Å². The van der Waals surface area contributed by atoms with E-state index >= 15 is 0 Å². The molecule has 2 aromatic rings. The summed E-state index contributed by atoms with van der Waals surface area (Å²) in [5.74, 6) is 0.138. The van der Waals surface area contributed by atoms with Gasteiger partial charge < -0.3 is 10.0 Å². The van der Waals surface area contributed by atoms with Crippen molar-refractivity contribution in [2.45, 2.75) is 32.7 Å². The molecule has 2 aromatic heterocycles. The van der Waals surface area contributed by atoms with Gasteiger partial charge >= 0.3 is 5.97 Å². The molecular weight excluding hydrogens is 262 g/mol. The van der Waals surface area contributed by atoms with E-state index in [1.54, 1.807) is 17.7 Å². The third-order valence-electron chi connectivity index (χ3n) is 2.93. The number of aliphatic carboxylic acids is 1. The number of hydrogen-bond donors (Lipinski definition) is 1. The van der Waals surface area contributed by atoms with Gasteiger partial charge in [0, 0.05) is 19.0 Å². The fourth-order valence-corrected chi connectivity index (χ4v) is 2.74. The van der Waals surface area contributed by atoms with E-state index in [9.17, 15) is 4.79 Å². The Morgan fingerprint density at radius 3 is 2.95 bits per heavy atom. The second-order valence-electron chi connectivity index (χ2n) is 4.62. The zero-order chi connectivity index (χ0) is 13.8. The molecule has 0 saturated carbocycles. The first-order valence-corrected chi connectivity index (χ1v) is 7.14. The van der Waals surface area contributed by atoms with Crippen molar-refractivity contribution >= 4 is 33.3 Å². The Morgan fingerprint density at radius 2 is 2.26 bits per heavy atom. The van der Waals surface area contributed by atoms with Crippen molar-refractivity contribution in [3.05, 3.63) is 17.8 Å². The second-order valence-corrected chi connectivity index (χ2v) is 5.52. The Kier molecular flexibility index (Phi) is 4.31. The molecule has 0 bridgehead atoms. The van der Waals surface area contributed by atoms with Gasteiger partial charge in [-0.25, -0.2) is 9.97 Å². The SMILES string of the molecule is CC(C)N(CCCC(=O)O)c1ncnc2sccc12. The third kappa shape index (κ3) is 3.20. The molecule has 0 saturated heterocycles. The highest BCUT2D eigenvalue weighted by Gasteiger charge is 2.16. The molecule has 0 amide bonds. The van der Waals surface area contributed by atoms with Crippen molar-refractivity contribution in [3.8, 4) is 0 Å². The molecule has 0 aliphatic carbocycles. The molecule has 0 aliphatic rings. The molecule has 0 radical (unpaired) electrons. The highest BCUT2D eigenvalue weighted by Crippen LogP contribution is 2.28. The highest BCUT2D eigenvalue weighted by molar-refractivity contribution is 7.16. The van der Waals surface area contributed by atoms with Crippen LogP contribution in [0.4, 0.5) is 5.82 Å². The summed E-state index contributed by atoms with van der Waals surface area (Å²) in [4.78, 5) is 22.3. The number of thiophene rings is 1. The number of aromatic nitrogens is 2. The number of rotatable bonds is 6. The van der Waals surface area contributed by atoms with Crippen LogP contribution < -0.4 is 4.90 Å². The van der Waals surface area contributed by atoms with Gasteiger partial charge in [0.1, 0.15) is 17.0 Å². The number of carbonyl (C=O) groups is 1. The molecule has 0 fully saturated rings. The molecular formula is C13H17N3O2S. The van der Waals surface area contributed by atoms with Gasteiger partial charge in [-0.2, -0.15) is 0 Å². The molecule has 0 unspecified atom stereocenters. The lowest BCUT2D eigenvalue weighted by Crippen LogP contribution is -2.33. The maximum absolute atomic E-state index is 10.6. The monoisotopic (exact) mass is 279 g/mol. The van der Waals surface area contributed by atoms with Crippen molar-refractivity contribution in [2.75, 3.05) is 11.4 Å². The summed E-state index contributed by atoms with van der Waals surface area (Å²) in [5.41, 5.74) is 0. The number of nitrogens with zero attached hydrogens (tertiary/aromatic N) is 3. The molecule has 0 aliphatic heterocycles. The predicted molar refractivity (Wildman–Crippen MR) is 76.8 cm³/mol. The minimum atomic E-state index is -0.757. The minimum absolute atomic E-state index is 0.182. The molecule has 102 valence electrons. The van der Waals surface area contributed by atoms with Crippen LogP contribution in [0, 0.1) is 0 Å². The van der Waals surface area contributed by atoms with Gasteiger partial charge in [0.25, 0.3) is 0 Å². The summed E-state index contributed by atoms with van der Waals surface area (Å²) in [6, 6.07) is 2.29. The number of fused-ring (bicyclic) bond motifs is 1. The fraction of sp³-hybridized carbons (Fsp3) is 0.462. The molecule has 19 heavy (non-hydrogen) atoms. The van der Waals surface area contributed by atoms with E-state index in [2.05, 4.69) is 28.7 Å². The van der Waals surface area contributed by atoms with Gasteiger partial charge in [0.2, 0.25) is 0 Å². The molecule has 0 aromatic carbocycles. The summed E-state index contributed by atoms with van der Waals surface area (Å²) in [6.07, 6.45) is 2.37. The molecule has 5 nitrogen and oxygen atoms in total. The van der Waals surface area contributed by atoms with E-state index in [0.717, 1.165) is 16.0 Å². The quantitative estimate of drug-likeness (QED) is 0.880. The summed E-state index contributed by atoms with van der Waals surface area (Å²) >= 11 is 1.59. The summed E-state index contributed by atoms with van der Waals surface area (Å²) in [6.45, 7) is 4.86. The maximum atomic E-state index is 10.6. The average Bonchev–Trinajstić information content (AvgIpc) is 2.82. The fourth-order valence-electron chi connectivity index (χ4n) is 2.02. The van der Waals surface area contributed by atoms with Gasteiger partial charge in [-0.15, -0.1) is 11.3 Å². The van der Waals surface area contributed by atoms with Crippen LogP contribution in [-0.4, -0.2) is 33.6 Å². The second kappa shape index (κ2) is 5.97. The summed E-state index contributed by atoms with van der Waals surface area (Å²) in [5, 5.41) is 11.8. The lowest BCUT2D eigenvalue weighted by Gasteiger charge is -2.28. The largest absolute Gasteiger partial charge is 0.481 e. The van der Waals surface area contributed by atoms with Crippen molar-refractivity contribution in [1.82, 2.24) is 9.97 Å². The van der Waals surface area contributed by atoms with Crippen LogP contribution in [0.5, 0.6) is 0 Å². The van der Waals surface area contributed by atoms with Crippen LogP contribution in [0.15, 0.2) is 17.8 Å². The normalized spacial score (nSPS) is 11.1. The van der Waals surface area contributed by atoms with Crippen LogP contribution >= 0.6 is 11.3 Å². The summed E-state index contributed by atoms with van der Waals surface area (Å²) in [7, 11) is 0. The smallest absolute Gasteiger partial charge is 0.303 e. The lowest BCUT2D eigenvalue weighted by molar-refractivity contribution is -0.137. The average molecular weight is 279 g/mol. The Balaban J connectivity index is 2.23. The standard InChI is InChI=1S/C13H17N3O2S/c1-9(2)16(6-3-4-11(17)18)12-10-5-7-19-13(10)15-8-14-12/h5,7-9H,3-4,6H2,1-2H3,(H,17,18). The van der Waals surface area contributed by atoms with Crippen LogP contribution in [0.25, 0.3) is 10.2 Å². The van der Waals surface area contributed by atoms with E-state index in [0.29, 0.717) is 13.0 Å². The Morgan fingerprint density at radius 1 is 1.47 bits per heavy atom. The molecule has 0 spiro atoms. The van der Waals surface area contributed by atoms with Gasteiger partial charge in [0.05, 0.1) is 5.39 Å². The molecule has 6 heteroatoms. The highest BCUT2D eigenvalue weighted by atomic mass is 32.1. The summed E-state index contributed by atoms with van der Waals surface area (Å²) < 4.78 is 0. The first kappa shape index (κ1) is 13.7. The predicted octanol–water partition coefficient (Wildman–Crippen LogP) is 2.77. The van der Waals surface area contributed by atoms with Gasteiger partial charge in [0.15, 0.2) is 0 Å². The van der Waals surface area contributed by atoms with E-state index < -0.39 is 5.97 Å². The van der Waals surface area contributed by atoms with Crippen molar-refractivity contribution in [1.29, 1.82) is 0 Å². The number of carboxylic acids is 1. The van der Waals surface area contributed by atoms with Crippen molar-refractivity contribution < 1.29 is 9.90 Å². The third-order valence-corrected chi connectivity index (χ3v) is 3.75. The van der Waals surface area contributed by atoms with Gasteiger partial charge in [-0.05, 0) is 31.7 Å². The van der Waals surface area contributed by atoms with Crippen molar-refractivity contribution in [2.24, 2.45) is 0 Å². The van der Waals surface area contributed by atoms with E-state index in [4.69, 9.17) is 5.11 Å². The zero-order valence-corrected chi connectivity index (χ0v) is 11.9. The first-order chi connectivity index (χ1) is 9.09. The lowest BCUT2D eigenvalue weighted by atomic mass is 10.2. The Labute approximate surface area is 115 Å². The van der Waals surface area contributed by atoms with Crippen LogP contribution in [0.1, 0.15) is 26.7 Å². The molecule has 0 atom stereocenters. The Hall–Kier alpha value is -1.69. The van der Waals surface area contributed by atoms with Crippen LogP contribution in [0.3, 0.4) is 0 Å². The number of carboxylic acid groups (broad SMARTS) is 1.